The van der Waals surface area contributed by atoms with E-state index in [0.717, 1.165) is 102 Å². The molecule has 2 aliphatic heterocycles. The van der Waals surface area contributed by atoms with Crippen LogP contribution in [0.1, 0.15) is 158 Å². The molecule has 1 amide bonds. The molecule has 1 aromatic rings. The molecule has 62 heavy (non-hydrogen) atoms. The van der Waals surface area contributed by atoms with Gasteiger partial charge in [0, 0.05) is 31.0 Å². The third kappa shape index (κ3) is 6.57. The van der Waals surface area contributed by atoms with Crippen LogP contribution in [0, 0.1) is 68.0 Å². The summed E-state index contributed by atoms with van der Waals surface area (Å²) in [5.74, 6) is 0.728. The molecular formula is C54H78N2O6. The van der Waals surface area contributed by atoms with Gasteiger partial charge in [-0.1, -0.05) is 92.6 Å². The van der Waals surface area contributed by atoms with Crippen molar-refractivity contribution in [1.82, 2.24) is 9.80 Å². The molecule has 1 aromatic carbocycles. The molecule has 1 unspecified atom stereocenters. The van der Waals surface area contributed by atoms with Gasteiger partial charge in [0.1, 0.15) is 12.7 Å². The molecule has 340 valence electrons. The molecule has 2 saturated heterocycles. The lowest BCUT2D eigenvalue weighted by Crippen LogP contribution is -2.66. The summed E-state index contributed by atoms with van der Waals surface area (Å²) in [5.41, 5.74) is 1.94. The molecule has 8 heteroatoms. The number of rotatable bonds is 9. The molecule has 0 spiro atoms. The zero-order chi connectivity index (χ0) is 44.2. The number of ketones is 1. The number of ether oxygens (including phenoxy) is 2. The first kappa shape index (κ1) is 44.2. The van der Waals surface area contributed by atoms with Crippen LogP contribution in [-0.4, -0.2) is 71.8 Å². The molecule has 0 radical (unpaired) electrons. The molecule has 2 heterocycles. The van der Waals surface area contributed by atoms with Gasteiger partial charge in [-0.05, 0) is 159 Å². The molecule has 11 atom stereocenters. The molecule has 0 N–H and O–H groups in total. The fourth-order valence-corrected chi connectivity index (χ4v) is 16.7. The van der Waals surface area contributed by atoms with Crippen molar-refractivity contribution >= 4 is 23.6 Å². The first-order valence-corrected chi connectivity index (χ1v) is 25.0. The first-order valence-electron chi connectivity index (χ1n) is 25.0. The van der Waals surface area contributed by atoms with Crippen molar-refractivity contribution < 1.29 is 28.7 Å². The van der Waals surface area contributed by atoms with E-state index >= 15 is 4.79 Å². The summed E-state index contributed by atoms with van der Waals surface area (Å²) < 4.78 is 12.3. The smallest absolute Gasteiger partial charge is 0.309 e. The van der Waals surface area contributed by atoms with Gasteiger partial charge < -0.3 is 19.3 Å². The minimum atomic E-state index is -0.680. The number of hydrogen-bond donors (Lipinski definition) is 0. The van der Waals surface area contributed by atoms with Crippen LogP contribution < -0.4 is 0 Å². The van der Waals surface area contributed by atoms with Gasteiger partial charge in [0.2, 0.25) is 5.91 Å². The van der Waals surface area contributed by atoms with E-state index in [2.05, 4.69) is 58.3 Å². The molecule has 9 rings (SSSR count). The lowest BCUT2D eigenvalue weighted by molar-refractivity contribution is -0.236. The Bertz CT molecular complexity index is 1980. The number of benzene rings is 1. The largest absolute Gasteiger partial charge is 0.462 e. The van der Waals surface area contributed by atoms with Crippen molar-refractivity contribution in [1.29, 1.82) is 0 Å². The van der Waals surface area contributed by atoms with E-state index < -0.39 is 10.8 Å². The number of fused-ring (bicyclic) bond motifs is 7. The van der Waals surface area contributed by atoms with E-state index in [1.807, 2.05) is 44.2 Å². The van der Waals surface area contributed by atoms with Gasteiger partial charge in [0.25, 0.3) is 0 Å². The summed E-state index contributed by atoms with van der Waals surface area (Å²) in [6, 6.07) is 10.0. The zero-order valence-electron chi connectivity index (χ0n) is 39.8. The number of carbonyl (C=O) groups excluding carboxylic acids is 4. The average molecular weight is 851 g/mol. The summed E-state index contributed by atoms with van der Waals surface area (Å²) in [7, 11) is 0. The van der Waals surface area contributed by atoms with Crippen LogP contribution in [-0.2, 0) is 35.3 Å². The number of likely N-dealkylation sites (tertiary alicyclic amines) is 2. The van der Waals surface area contributed by atoms with E-state index in [1.54, 1.807) is 0 Å². The molecular weight excluding hydrogens is 773 g/mol. The SMILES string of the molecule is CC(C)C1=C2[C@H]3CC[C@@H]4[C@@]5(C)CC[C@H](OC(=O)[C@H]6C[C@@H](C(=O)OCc7ccccc7)C6(C)C)C(C)(C)[C@@H]5CC[C@@]4(C)[C@]3(C)CC[C@@]2(C(=O)N2CCCC2CN2CCCC2)CC1=O. The fourth-order valence-electron chi connectivity index (χ4n) is 16.7. The highest BCUT2D eigenvalue weighted by Gasteiger charge is 2.71. The molecule has 8 aliphatic rings. The van der Waals surface area contributed by atoms with Crippen molar-refractivity contribution in [2.45, 2.75) is 171 Å². The summed E-state index contributed by atoms with van der Waals surface area (Å²) in [6.07, 6.45) is 13.3. The van der Waals surface area contributed by atoms with Crippen LogP contribution in [0.15, 0.2) is 41.5 Å². The Hall–Kier alpha value is -3.00. The molecule has 0 bridgehead atoms. The number of esters is 2. The standard InChI is InChI=1S/C54H78N2O6/c1-34(2)44-40(57)31-54(48(60)56-29-15-18-36(56)32-55-27-13-14-28-55)26-25-52(8)37(45(44)54)19-20-42-51(7)23-22-43(50(5,6)41(51)21-24-53(42,52)9)62-47(59)39-30-38(49(39,3)4)46(58)61-33-35-16-11-10-12-17-35/h10-12,16-17,34,36-39,41-43H,13-15,18-33H2,1-9H3/t36?,37-,38+,39-,41+,42-,43+,51+,52-,53-,54-/m1/s1. The minimum absolute atomic E-state index is 0.0181. The Morgan fingerprint density at radius 1 is 0.742 bits per heavy atom. The fraction of sp³-hybridized carbons (Fsp3) is 0.778. The molecule has 6 aliphatic carbocycles. The molecule has 0 aromatic heterocycles. The molecule has 5 saturated carbocycles. The van der Waals surface area contributed by atoms with Crippen molar-refractivity contribution in [2.75, 3.05) is 26.2 Å². The number of hydrogen-bond acceptors (Lipinski definition) is 7. The maximum Gasteiger partial charge on any atom is 0.309 e. The second-order valence-electron chi connectivity index (χ2n) is 24.1. The average Bonchev–Trinajstić information content (AvgIpc) is 3.98. The van der Waals surface area contributed by atoms with Crippen LogP contribution in [0.4, 0.5) is 0 Å². The number of allylic oxidation sites excluding steroid dienone is 1. The predicted octanol–water partition coefficient (Wildman–Crippen LogP) is 10.4. The number of nitrogens with zero attached hydrogens (tertiary/aromatic N) is 2. The Morgan fingerprint density at radius 2 is 1.45 bits per heavy atom. The van der Waals surface area contributed by atoms with Crippen molar-refractivity contribution in [3.63, 3.8) is 0 Å². The highest BCUT2D eigenvalue weighted by atomic mass is 16.5. The van der Waals surface area contributed by atoms with E-state index in [0.29, 0.717) is 24.7 Å². The van der Waals surface area contributed by atoms with Crippen molar-refractivity contribution in [2.24, 2.45) is 68.0 Å². The van der Waals surface area contributed by atoms with Gasteiger partial charge >= 0.3 is 11.9 Å². The number of carbonyl (C=O) groups is 4. The van der Waals surface area contributed by atoms with Crippen LogP contribution >= 0.6 is 0 Å². The third-order valence-electron chi connectivity index (χ3n) is 20.4. The third-order valence-corrected chi connectivity index (χ3v) is 20.4. The van der Waals surface area contributed by atoms with E-state index in [9.17, 15) is 14.4 Å². The quantitative estimate of drug-likeness (QED) is 0.229. The second-order valence-corrected chi connectivity index (χ2v) is 24.1. The summed E-state index contributed by atoms with van der Waals surface area (Å²) >= 11 is 0. The van der Waals surface area contributed by atoms with Gasteiger partial charge in [0.05, 0.1) is 17.3 Å². The van der Waals surface area contributed by atoms with Gasteiger partial charge in [-0.25, -0.2) is 0 Å². The first-order chi connectivity index (χ1) is 29.3. The lowest BCUT2D eigenvalue weighted by atomic mass is 9.33. The summed E-state index contributed by atoms with van der Waals surface area (Å²) in [5, 5.41) is 0. The molecule has 7 fully saturated rings. The van der Waals surface area contributed by atoms with Crippen LogP contribution in [0.3, 0.4) is 0 Å². The topological polar surface area (TPSA) is 93.2 Å². The monoisotopic (exact) mass is 851 g/mol. The summed E-state index contributed by atoms with van der Waals surface area (Å²) in [6.45, 7) is 25.2. The summed E-state index contributed by atoms with van der Waals surface area (Å²) in [4.78, 5) is 61.8. The van der Waals surface area contributed by atoms with Crippen LogP contribution in [0.2, 0.25) is 0 Å². The van der Waals surface area contributed by atoms with E-state index in [-0.39, 0.29) is 87.7 Å². The van der Waals surface area contributed by atoms with Crippen LogP contribution in [0.5, 0.6) is 0 Å². The van der Waals surface area contributed by atoms with Crippen molar-refractivity contribution in [3.05, 3.63) is 47.0 Å². The highest BCUT2D eigenvalue weighted by Crippen LogP contribution is 2.77. The number of amides is 1. The Morgan fingerprint density at radius 3 is 2.15 bits per heavy atom. The maximum absolute atomic E-state index is 15.3. The normalized spacial score (nSPS) is 40.9. The predicted molar refractivity (Wildman–Crippen MR) is 241 cm³/mol. The Kier molecular flexibility index (Phi) is 11.1. The van der Waals surface area contributed by atoms with Gasteiger partial charge in [-0.3, -0.25) is 19.2 Å². The second kappa shape index (κ2) is 15.6. The van der Waals surface area contributed by atoms with Crippen LogP contribution in [0.25, 0.3) is 0 Å². The van der Waals surface area contributed by atoms with Crippen molar-refractivity contribution in [3.8, 4) is 0 Å². The zero-order valence-corrected chi connectivity index (χ0v) is 39.8. The number of Topliss-reactive ketones (excluding diaryl/α,β-unsaturated/α-hetero) is 1. The minimum Gasteiger partial charge on any atom is -0.462 e. The van der Waals surface area contributed by atoms with Gasteiger partial charge in [-0.15, -0.1) is 0 Å². The van der Waals surface area contributed by atoms with Gasteiger partial charge in [-0.2, -0.15) is 0 Å². The molecule has 8 nitrogen and oxygen atoms in total. The maximum atomic E-state index is 15.3. The van der Waals surface area contributed by atoms with E-state index in [4.69, 9.17) is 9.47 Å². The lowest BCUT2D eigenvalue weighted by Gasteiger charge is -2.72. The van der Waals surface area contributed by atoms with Gasteiger partial charge in [0.15, 0.2) is 5.78 Å². The van der Waals surface area contributed by atoms with E-state index in [1.165, 1.54) is 18.4 Å². The highest BCUT2D eigenvalue weighted by molar-refractivity contribution is 6.07. The Balaban J connectivity index is 0.917. The Labute approximate surface area is 373 Å².